The lowest BCUT2D eigenvalue weighted by atomic mass is 10.1. The molecule has 0 bridgehead atoms. The maximum atomic E-state index is 13.6. The van der Waals surface area contributed by atoms with Crippen LogP contribution in [0.4, 0.5) is 36.3 Å². The molecular weight excluding hydrogens is 401 g/mol. The highest BCUT2D eigenvalue weighted by molar-refractivity contribution is 6.30. The Morgan fingerprint density at radius 3 is 2.28 bits per heavy atom. The van der Waals surface area contributed by atoms with E-state index in [4.69, 9.17) is 11.6 Å². The molecule has 0 aliphatic rings. The summed E-state index contributed by atoms with van der Waals surface area (Å²) in [7, 11) is 1.55. The third-order valence-electron chi connectivity index (χ3n) is 4.35. The van der Waals surface area contributed by atoms with Crippen molar-refractivity contribution in [2.75, 3.05) is 17.3 Å². The van der Waals surface area contributed by atoms with E-state index in [2.05, 4.69) is 22.2 Å². The van der Waals surface area contributed by atoms with Gasteiger partial charge in [0.2, 0.25) is 5.95 Å². The molecule has 0 aliphatic heterocycles. The summed E-state index contributed by atoms with van der Waals surface area (Å²) in [6.45, 7) is 2.08. The van der Waals surface area contributed by atoms with E-state index in [1.54, 1.807) is 43.4 Å². The van der Waals surface area contributed by atoms with E-state index < -0.39 is 11.7 Å². The van der Waals surface area contributed by atoms with Crippen molar-refractivity contribution in [1.29, 1.82) is 0 Å². The van der Waals surface area contributed by atoms with Crippen LogP contribution in [-0.2, 0) is 12.6 Å². The molecule has 4 nitrogen and oxygen atoms in total. The Morgan fingerprint density at radius 1 is 1.03 bits per heavy atom. The summed E-state index contributed by atoms with van der Waals surface area (Å²) in [5, 5.41) is 3.46. The fourth-order valence-electron chi connectivity index (χ4n) is 2.85. The number of alkyl halides is 3. The molecule has 1 heterocycles. The van der Waals surface area contributed by atoms with E-state index in [-0.39, 0.29) is 11.8 Å². The minimum Gasteiger partial charge on any atom is -0.329 e. The van der Waals surface area contributed by atoms with Crippen molar-refractivity contribution in [3.63, 3.8) is 0 Å². The number of aromatic nitrogens is 2. The molecule has 0 saturated heterocycles. The van der Waals surface area contributed by atoms with E-state index in [1.807, 2.05) is 12.1 Å². The number of nitrogens with one attached hydrogen (secondary N) is 1. The van der Waals surface area contributed by atoms with Crippen LogP contribution in [-0.4, -0.2) is 17.0 Å². The molecule has 0 amide bonds. The quantitative estimate of drug-likeness (QED) is 0.487. The number of hydrogen-bond acceptors (Lipinski definition) is 4. The molecule has 0 radical (unpaired) electrons. The van der Waals surface area contributed by atoms with Gasteiger partial charge in [-0.05, 0) is 48.4 Å². The van der Waals surface area contributed by atoms with Crippen LogP contribution < -0.4 is 10.2 Å². The van der Waals surface area contributed by atoms with Crippen molar-refractivity contribution in [3.8, 4) is 0 Å². The molecule has 0 saturated carbocycles. The van der Waals surface area contributed by atoms with E-state index in [0.717, 1.165) is 24.6 Å². The van der Waals surface area contributed by atoms with Gasteiger partial charge in [-0.1, -0.05) is 37.1 Å². The smallest absolute Gasteiger partial charge is 0.329 e. The third-order valence-corrected chi connectivity index (χ3v) is 4.61. The first-order valence-corrected chi connectivity index (χ1v) is 9.45. The number of anilines is 4. The first-order chi connectivity index (χ1) is 13.8. The number of benzene rings is 2. The average molecular weight is 421 g/mol. The van der Waals surface area contributed by atoms with Gasteiger partial charge in [0.25, 0.3) is 0 Å². The normalized spacial score (nSPS) is 11.4. The molecule has 3 rings (SSSR count). The zero-order valence-electron chi connectivity index (χ0n) is 16.0. The number of rotatable bonds is 6. The van der Waals surface area contributed by atoms with Crippen LogP contribution in [0.2, 0.25) is 5.02 Å². The van der Waals surface area contributed by atoms with E-state index in [1.165, 1.54) is 4.90 Å². The Hall–Kier alpha value is -2.80. The predicted molar refractivity (Wildman–Crippen MR) is 110 cm³/mol. The Kier molecular flexibility index (Phi) is 6.27. The second-order valence-corrected chi connectivity index (χ2v) is 6.97. The van der Waals surface area contributed by atoms with Crippen molar-refractivity contribution in [2.24, 2.45) is 0 Å². The van der Waals surface area contributed by atoms with Gasteiger partial charge >= 0.3 is 6.18 Å². The molecule has 0 aliphatic carbocycles. The van der Waals surface area contributed by atoms with Crippen molar-refractivity contribution < 1.29 is 13.2 Å². The van der Waals surface area contributed by atoms with Crippen LogP contribution in [0.1, 0.15) is 24.5 Å². The standard InChI is InChI=1S/C21H20ClF3N4/c1-3-4-14-5-11-17(12-6-14)29(2)19-18(21(23,24)25)13-26-20(28-19)27-16-9-7-15(22)8-10-16/h5-13H,3-4H2,1-2H3,(H,26,27,28). The van der Waals surface area contributed by atoms with Gasteiger partial charge in [0.05, 0.1) is 0 Å². The van der Waals surface area contributed by atoms with Gasteiger partial charge in [-0.15, -0.1) is 0 Å². The van der Waals surface area contributed by atoms with Crippen LogP contribution in [0.25, 0.3) is 0 Å². The second kappa shape index (κ2) is 8.69. The zero-order chi connectivity index (χ0) is 21.0. The highest BCUT2D eigenvalue weighted by Crippen LogP contribution is 2.37. The third kappa shape index (κ3) is 5.17. The average Bonchev–Trinajstić information content (AvgIpc) is 2.69. The molecule has 152 valence electrons. The summed E-state index contributed by atoms with van der Waals surface area (Å²) >= 11 is 5.86. The Labute approximate surface area is 172 Å². The first-order valence-electron chi connectivity index (χ1n) is 9.07. The molecule has 3 aromatic rings. The molecule has 29 heavy (non-hydrogen) atoms. The second-order valence-electron chi connectivity index (χ2n) is 6.54. The summed E-state index contributed by atoms with van der Waals surface area (Å²) in [6, 6.07) is 14.1. The molecule has 2 aromatic carbocycles. The molecule has 1 N–H and O–H groups in total. The maximum Gasteiger partial charge on any atom is 0.421 e. The van der Waals surface area contributed by atoms with Crippen LogP contribution in [0.5, 0.6) is 0 Å². The highest BCUT2D eigenvalue weighted by Gasteiger charge is 2.36. The van der Waals surface area contributed by atoms with E-state index >= 15 is 0 Å². The first kappa shape index (κ1) is 20.9. The van der Waals surface area contributed by atoms with Crippen molar-refractivity contribution in [2.45, 2.75) is 25.9 Å². The summed E-state index contributed by atoms with van der Waals surface area (Å²) in [4.78, 5) is 9.39. The number of halogens is 4. The minimum atomic E-state index is -4.58. The number of aryl methyl sites for hydroxylation is 1. The summed E-state index contributed by atoms with van der Waals surface area (Å²) < 4.78 is 40.7. The predicted octanol–water partition coefficient (Wildman–Crippen LogP) is 6.61. The van der Waals surface area contributed by atoms with Crippen molar-refractivity contribution >= 4 is 34.7 Å². The lowest BCUT2D eigenvalue weighted by Gasteiger charge is -2.23. The maximum absolute atomic E-state index is 13.6. The van der Waals surface area contributed by atoms with Gasteiger partial charge in [0.15, 0.2) is 5.82 Å². The van der Waals surface area contributed by atoms with Gasteiger partial charge in [0, 0.05) is 29.6 Å². The zero-order valence-corrected chi connectivity index (χ0v) is 16.7. The molecule has 0 unspecified atom stereocenters. The van der Waals surface area contributed by atoms with Gasteiger partial charge in [-0.3, -0.25) is 0 Å². The summed E-state index contributed by atoms with van der Waals surface area (Å²) in [5.74, 6) is -0.169. The Morgan fingerprint density at radius 2 is 1.69 bits per heavy atom. The minimum absolute atomic E-state index is 0.0600. The molecule has 0 fully saturated rings. The molecule has 1 aromatic heterocycles. The summed E-state index contributed by atoms with van der Waals surface area (Å²) in [6.07, 6.45) is -1.87. The fourth-order valence-corrected chi connectivity index (χ4v) is 2.97. The SMILES string of the molecule is CCCc1ccc(N(C)c2nc(Nc3ccc(Cl)cc3)ncc2C(F)(F)F)cc1. The van der Waals surface area contributed by atoms with Gasteiger partial charge < -0.3 is 10.2 Å². The molecule has 0 spiro atoms. The van der Waals surface area contributed by atoms with Gasteiger partial charge in [-0.2, -0.15) is 18.2 Å². The van der Waals surface area contributed by atoms with E-state index in [0.29, 0.717) is 16.4 Å². The molecular formula is C21H20ClF3N4. The van der Waals surface area contributed by atoms with Gasteiger partial charge in [-0.25, -0.2) is 4.98 Å². The number of nitrogens with zero attached hydrogens (tertiary/aromatic N) is 3. The lowest BCUT2D eigenvalue weighted by Crippen LogP contribution is -2.19. The van der Waals surface area contributed by atoms with Crippen LogP contribution in [0.3, 0.4) is 0 Å². The number of hydrogen-bond donors (Lipinski definition) is 1. The van der Waals surface area contributed by atoms with Crippen LogP contribution in [0.15, 0.2) is 54.7 Å². The van der Waals surface area contributed by atoms with Crippen LogP contribution in [0, 0.1) is 0 Å². The fraction of sp³-hybridized carbons (Fsp3) is 0.238. The van der Waals surface area contributed by atoms with Crippen molar-refractivity contribution in [3.05, 3.63) is 70.9 Å². The summed E-state index contributed by atoms with van der Waals surface area (Å²) in [5.41, 5.74) is 1.45. The van der Waals surface area contributed by atoms with Crippen molar-refractivity contribution in [1.82, 2.24) is 9.97 Å². The Bertz CT molecular complexity index is 957. The Balaban J connectivity index is 1.96. The largest absolute Gasteiger partial charge is 0.421 e. The topological polar surface area (TPSA) is 41.1 Å². The molecule has 8 heteroatoms. The highest BCUT2D eigenvalue weighted by atomic mass is 35.5. The van der Waals surface area contributed by atoms with E-state index in [9.17, 15) is 13.2 Å². The molecule has 0 atom stereocenters. The lowest BCUT2D eigenvalue weighted by molar-refractivity contribution is -0.137. The van der Waals surface area contributed by atoms with Gasteiger partial charge in [0.1, 0.15) is 5.56 Å². The van der Waals surface area contributed by atoms with Crippen LogP contribution >= 0.6 is 11.6 Å². The monoisotopic (exact) mass is 420 g/mol.